The number of aryl methyl sites for hydroxylation is 1. The van der Waals surface area contributed by atoms with Gasteiger partial charge in [0.15, 0.2) is 23.9 Å². The summed E-state index contributed by atoms with van der Waals surface area (Å²) in [7, 11) is 0. The Balaban J connectivity index is 1.26. The van der Waals surface area contributed by atoms with E-state index in [0.29, 0.717) is 34.1 Å². The number of anilines is 1. The molecule has 6 rings (SSSR count). The van der Waals surface area contributed by atoms with Crippen molar-refractivity contribution in [3.63, 3.8) is 0 Å². The number of carbonyl (C=O) groups excluding carboxylic acids is 2. The SMILES string of the molecule is Cc1nn(-c2ncnc3nc[nH]c23)c2c1[C@H](c1ccc(OCC(=O)c3ccc(F)cc3)cc1)CC(=O)N2. The van der Waals surface area contributed by atoms with Crippen molar-refractivity contribution in [1.82, 2.24) is 29.7 Å². The van der Waals surface area contributed by atoms with E-state index in [1.54, 1.807) is 16.8 Å². The number of amides is 1. The summed E-state index contributed by atoms with van der Waals surface area (Å²) in [6.07, 6.45) is 3.19. The van der Waals surface area contributed by atoms with Crippen LogP contribution < -0.4 is 10.1 Å². The molecular formula is C26H20FN7O3. The molecule has 1 aliphatic heterocycles. The molecule has 1 atom stereocenters. The number of fused-ring (bicyclic) bond motifs is 2. The highest BCUT2D eigenvalue weighted by Gasteiger charge is 2.33. The number of aromatic nitrogens is 6. The van der Waals surface area contributed by atoms with Crippen LogP contribution >= 0.6 is 0 Å². The Morgan fingerprint density at radius 3 is 2.68 bits per heavy atom. The molecule has 4 heterocycles. The first-order valence-electron chi connectivity index (χ1n) is 11.5. The molecule has 10 nitrogen and oxygen atoms in total. The maximum absolute atomic E-state index is 13.1. The van der Waals surface area contributed by atoms with Gasteiger partial charge in [-0.05, 0) is 48.9 Å². The molecule has 0 aliphatic carbocycles. The Morgan fingerprint density at radius 1 is 1.11 bits per heavy atom. The molecule has 3 aromatic heterocycles. The first-order valence-corrected chi connectivity index (χ1v) is 11.5. The summed E-state index contributed by atoms with van der Waals surface area (Å²) in [5.74, 6) is 0.526. The number of hydrogen-bond acceptors (Lipinski definition) is 7. The van der Waals surface area contributed by atoms with E-state index in [4.69, 9.17) is 4.74 Å². The molecule has 0 fully saturated rings. The minimum absolute atomic E-state index is 0.140. The minimum atomic E-state index is -0.403. The number of ketones is 1. The quantitative estimate of drug-likeness (QED) is 0.342. The molecule has 1 aliphatic rings. The van der Waals surface area contributed by atoms with Gasteiger partial charge in [-0.15, -0.1) is 0 Å². The van der Waals surface area contributed by atoms with Gasteiger partial charge in [0.2, 0.25) is 5.91 Å². The lowest BCUT2D eigenvalue weighted by molar-refractivity contribution is -0.116. The van der Waals surface area contributed by atoms with E-state index in [9.17, 15) is 14.0 Å². The summed E-state index contributed by atoms with van der Waals surface area (Å²) in [4.78, 5) is 40.8. The van der Waals surface area contributed by atoms with Gasteiger partial charge in [0, 0.05) is 23.5 Å². The largest absolute Gasteiger partial charge is 0.485 e. The summed E-state index contributed by atoms with van der Waals surface area (Å²) in [5.41, 5.74) is 4.05. The summed E-state index contributed by atoms with van der Waals surface area (Å²) in [5, 5.41) is 7.63. The Bertz CT molecular complexity index is 1640. The molecule has 1 amide bonds. The third-order valence-electron chi connectivity index (χ3n) is 6.32. The number of aromatic amines is 1. The van der Waals surface area contributed by atoms with Gasteiger partial charge in [-0.3, -0.25) is 9.59 Å². The summed E-state index contributed by atoms with van der Waals surface area (Å²) >= 11 is 0. The maximum Gasteiger partial charge on any atom is 0.226 e. The molecule has 5 aromatic rings. The highest BCUT2D eigenvalue weighted by atomic mass is 19.1. The lowest BCUT2D eigenvalue weighted by Gasteiger charge is -2.24. The van der Waals surface area contributed by atoms with Gasteiger partial charge in [0.05, 0.1) is 12.0 Å². The van der Waals surface area contributed by atoms with Gasteiger partial charge in [-0.2, -0.15) is 9.78 Å². The Labute approximate surface area is 209 Å². The molecule has 0 saturated heterocycles. The van der Waals surface area contributed by atoms with Crippen molar-refractivity contribution >= 4 is 28.7 Å². The number of H-pyrrole nitrogens is 1. The van der Waals surface area contributed by atoms with Gasteiger partial charge in [0.1, 0.15) is 29.2 Å². The highest BCUT2D eigenvalue weighted by molar-refractivity contribution is 5.97. The van der Waals surface area contributed by atoms with Gasteiger partial charge in [0.25, 0.3) is 0 Å². The van der Waals surface area contributed by atoms with Crippen LogP contribution in [0.5, 0.6) is 5.75 Å². The highest BCUT2D eigenvalue weighted by Crippen LogP contribution is 2.40. The molecule has 0 saturated carbocycles. The lowest BCUT2D eigenvalue weighted by atomic mass is 9.86. The topological polar surface area (TPSA) is 128 Å². The number of imidazole rings is 1. The van der Waals surface area contributed by atoms with E-state index in [-0.39, 0.29) is 30.6 Å². The number of Topliss-reactive ketones (excluding diaryl/α,β-unsaturated/α-hetero) is 1. The lowest BCUT2D eigenvalue weighted by Crippen LogP contribution is -2.25. The second kappa shape index (κ2) is 8.94. The number of carbonyl (C=O) groups is 2. The minimum Gasteiger partial charge on any atom is -0.485 e. The van der Waals surface area contributed by atoms with Crippen LogP contribution in [0.3, 0.4) is 0 Å². The van der Waals surface area contributed by atoms with Gasteiger partial charge >= 0.3 is 0 Å². The van der Waals surface area contributed by atoms with Crippen LogP contribution in [0, 0.1) is 12.7 Å². The van der Waals surface area contributed by atoms with Crippen molar-refractivity contribution in [2.45, 2.75) is 19.3 Å². The van der Waals surface area contributed by atoms with Crippen LogP contribution in [0.2, 0.25) is 0 Å². The number of hydrogen-bond donors (Lipinski definition) is 2. The normalized spacial score (nSPS) is 14.9. The van der Waals surface area contributed by atoms with Crippen LogP contribution in [-0.4, -0.2) is 48.0 Å². The van der Waals surface area contributed by atoms with Crippen molar-refractivity contribution in [3.05, 3.63) is 89.4 Å². The van der Waals surface area contributed by atoms with E-state index < -0.39 is 5.82 Å². The van der Waals surface area contributed by atoms with Crippen molar-refractivity contribution < 1.29 is 18.7 Å². The molecule has 0 radical (unpaired) electrons. The molecular weight excluding hydrogens is 477 g/mol. The predicted octanol–water partition coefficient (Wildman–Crippen LogP) is 3.72. The van der Waals surface area contributed by atoms with E-state index in [1.807, 2.05) is 19.1 Å². The Kier molecular flexibility index (Phi) is 5.44. The molecule has 2 N–H and O–H groups in total. The fourth-order valence-electron chi connectivity index (χ4n) is 4.56. The zero-order chi connectivity index (χ0) is 25.5. The van der Waals surface area contributed by atoms with E-state index in [1.165, 1.54) is 36.9 Å². The molecule has 37 heavy (non-hydrogen) atoms. The number of nitrogens with one attached hydrogen (secondary N) is 2. The summed E-state index contributed by atoms with van der Waals surface area (Å²) < 4.78 is 20.3. The molecule has 11 heteroatoms. The fourth-order valence-corrected chi connectivity index (χ4v) is 4.56. The zero-order valence-electron chi connectivity index (χ0n) is 19.6. The van der Waals surface area contributed by atoms with Crippen LogP contribution in [0.15, 0.2) is 61.2 Å². The predicted molar refractivity (Wildman–Crippen MR) is 131 cm³/mol. The van der Waals surface area contributed by atoms with Crippen molar-refractivity contribution in [3.8, 4) is 11.6 Å². The van der Waals surface area contributed by atoms with Crippen molar-refractivity contribution in [2.75, 3.05) is 11.9 Å². The molecule has 0 unspecified atom stereocenters. The smallest absolute Gasteiger partial charge is 0.226 e. The van der Waals surface area contributed by atoms with Crippen LogP contribution in [0.4, 0.5) is 10.2 Å². The standard InChI is InChI=1S/C26H20FN7O3/c1-14-22-19(15-4-8-18(9-5-15)37-11-20(35)16-2-6-17(27)7-3-16)10-21(36)32-25(22)34(33-14)26-23-24(29-12-28-23)30-13-31-26/h2-9,12-13,19H,10-11H2,1H3,(H,32,36)(H,28,29,30,31)/t19-/m0/s1. The average molecular weight is 497 g/mol. The molecule has 0 bridgehead atoms. The molecule has 2 aromatic carbocycles. The van der Waals surface area contributed by atoms with E-state index in [0.717, 1.165) is 16.8 Å². The number of ether oxygens (including phenoxy) is 1. The van der Waals surface area contributed by atoms with Crippen molar-refractivity contribution in [2.24, 2.45) is 0 Å². The Morgan fingerprint density at radius 2 is 1.89 bits per heavy atom. The zero-order valence-corrected chi connectivity index (χ0v) is 19.6. The van der Waals surface area contributed by atoms with E-state index in [2.05, 4.69) is 30.4 Å². The summed E-state index contributed by atoms with van der Waals surface area (Å²) in [6.45, 7) is 1.72. The van der Waals surface area contributed by atoms with Crippen LogP contribution in [-0.2, 0) is 4.79 Å². The fraction of sp³-hybridized carbons (Fsp3) is 0.154. The van der Waals surface area contributed by atoms with Gasteiger partial charge < -0.3 is 15.0 Å². The Hall–Kier alpha value is -4.93. The average Bonchev–Trinajstić information content (AvgIpc) is 3.52. The van der Waals surface area contributed by atoms with Crippen LogP contribution in [0.25, 0.3) is 17.0 Å². The first kappa shape index (κ1) is 22.5. The van der Waals surface area contributed by atoms with Crippen LogP contribution in [0.1, 0.15) is 39.5 Å². The van der Waals surface area contributed by atoms with Gasteiger partial charge in [-0.25, -0.2) is 19.3 Å². The second-order valence-electron chi connectivity index (χ2n) is 8.65. The molecule has 184 valence electrons. The number of halogens is 1. The number of rotatable bonds is 6. The summed E-state index contributed by atoms with van der Waals surface area (Å²) in [6, 6.07) is 12.6. The second-order valence-corrected chi connectivity index (χ2v) is 8.65. The van der Waals surface area contributed by atoms with Crippen molar-refractivity contribution in [1.29, 1.82) is 0 Å². The van der Waals surface area contributed by atoms with E-state index >= 15 is 0 Å². The maximum atomic E-state index is 13.1. The number of benzene rings is 2. The number of nitrogens with zero attached hydrogens (tertiary/aromatic N) is 5. The first-order chi connectivity index (χ1) is 18.0. The van der Waals surface area contributed by atoms with Gasteiger partial charge in [-0.1, -0.05) is 12.1 Å². The third-order valence-corrected chi connectivity index (χ3v) is 6.32. The monoisotopic (exact) mass is 497 g/mol. The molecule has 0 spiro atoms. The third kappa shape index (κ3) is 4.10.